The van der Waals surface area contributed by atoms with Crippen LogP contribution in [0.15, 0.2) is 30.3 Å². The number of carbonyl (C=O) groups excluding carboxylic acids is 1. The fourth-order valence-corrected chi connectivity index (χ4v) is 2.02. The first-order chi connectivity index (χ1) is 8.33. The minimum Gasteiger partial charge on any atom is -0.462 e. The van der Waals surface area contributed by atoms with E-state index in [0.717, 1.165) is 25.1 Å². The molecule has 1 aromatic rings. The number of ether oxygens (including phenoxy) is 1. The predicted molar refractivity (Wildman–Crippen MR) is 67.9 cm³/mol. The Hall–Kier alpha value is -1.61. The van der Waals surface area contributed by atoms with Crippen LogP contribution in [-0.2, 0) is 4.74 Å². The van der Waals surface area contributed by atoms with Gasteiger partial charge in [0.05, 0.1) is 12.2 Å². The molecule has 1 aliphatic rings. The van der Waals surface area contributed by atoms with E-state index in [2.05, 4.69) is 11.4 Å². The molecule has 0 aliphatic carbocycles. The fraction of sp³-hybridized carbons (Fsp3) is 0.357. The average Bonchev–Trinajstić information content (AvgIpc) is 2.40. The van der Waals surface area contributed by atoms with Crippen molar-refractivity contribution in [3.63, 3.8) is 0 Å². The number of hydrogen-bond donors (Lipinski definition) is 1. The SMILES string of the molecule is CCOC(=O)c1ccccc1C1=CCNCC1. The smallest absolute Gasteiger partial charge is 0.338 e. The zero-order valence-electron chi connectivity index (χ0n) is 10.0. The number of esters is 1. The van der Waals surface area contributed by atoms with Crippen molar-refractivity contribution in [1.29, 1.82) is 0 Å². The molecule has 1 aromatic carbocycles. The van der Waals surface area contributed by atoms with Gasteiger partial charge in [0, 0.05) is 6.54 Å². The molecule has 0 saturated heterocycles. The lowest BCUT2D eigenvalue weighted by Crippen LogP contribution is -2.20. The molecule has 0 aromatic heterocycles. The normalized spacial score (nSPS) is 15.2. The maximum absolute atomic E-state index is 11.8. The Morgan fingerprint density at radius 1 is 1.41 bits per heavy atom. The first-order valence-electron chi connectivity index (χ1n) is 5.99. The maximum atomic E-state index is 11.8. The van der Waals surface area contributed by atoms with Gasteiger partial charge in [0.15, 0.2) is 0 Å². The van der Waals surface area contributed by atoms with E-state index in [-0.39, 0.29) is 5.97 Å². The van der Waals surface area contributed by atoms with E-state index in [1.54, 1.807) is 0 Å². The topological polar surface area (TPSA) is 38.3 Å². The van der Waals surface area contributed by atoms with Crippen LogP contribution in [0.3, 0.4) is 0 Å². The van der Waals surface area contributed by atoms with Gasteiger partial charge in [0.25, 0.3) is 0 Å². The first kappa shape index (κ1) is 11.9. The molecule has 17 heavy (non-hydrogen) atoms. The molecule has 0 bridgehead atoms. The molecule has 1 aliphatic heterocycles. The summed E-state index contributed by atoms with van der Waals surface area (Å²) < 4.78 is 5.08. The van der Waals surface area contributed by atoms with Gasteiger partial charge in [-0.05, 0) is 37.1 Å². The largest absolute Gasteiger partial charge is 0.462 e. The quantitative estimate of drug-likeness (QED) is 0.811. The van der Waals surface area contributed by atoms with Crippen LogP contribution in [0.1, 0.15) is 29.3 Å². The van der Waals surface area contributed by atoms with E-state index in [9.17, 15) is 4.79 Å². The van der Waals surface area contributed by atoms with Crippen molar-refractivity contribution in [2.45, 2.75) is 13.3 Å². The van der Waals surface area contributed by atoms with Crippen molar-refractivity contribution in [3.05, 3.63) is 41.5 Å². The highest BCUT2D eigenvalue weighted by Gasteiger charge is 2.15. The summed E-state index contributed by atoms with van der Waals surface area (Å²) in [6.45, 7) is 4.06. The molecule has 0 radical (unpaired) electrons. The summed E-state index contributed by atoms with van der Waals surface area (Å²) in [7, 11) is 0. The summed E-state index contributed by atoms with van der Waals surface area (Å²) in [6, 6.07) is 7.65. The summed E-state index contributed by atoms with van der Waals surface area (Å²) in [6.07, 6.45) is 3.10. The third-order valence-electron chi connectivity index (χ3n) is 2.83. The zero-order chi connectivity index (χ0) is 12.1. The molecular formula is C14H17NO2. The van der Waals surface area contributed by atoms with Crippen molar-refractivity contribution in [1.82, 2.24) is 5.32 Å². The number of hydrogen-bond acceptors (Lipinski definition) is 3. The van der Waals surface area contributed by atoms with E-state index >= 15 is 0 Å². The first-order valence-corrected chi connectivity index (χ1v) is 5.99. The van der Waals surface area contributed by atoms with Crippen LogP contribution in [0.2, 0.25) is 0 Å². The van der Waals surface area contributed by atoms with Crippen molar-refractivity contribution < 1.29 is 9.53 Å². The van der Waals surface area contributed by atoms with Gasteiger partial charge < -0.3 is 10.1 Å². The van der Waals surface area contributed by atoms with E-state index < -0.39 is 0 Å². The van der Waals surface area contributed by atoms with Gasteiger partial charge in [-0.3, -0.25) is 0 Å². The standard InChI is InChI=1S/C14H17NO2/c1-2-17-14(16)13-6-4-3-5-12(13)11-7-9-15-10-8-11/h3-7,15H,2,8-10H2,1H3. The lowest BCUT2D eigenvalue weighted by molar-refractivity contribution is 0.0526. The van der Waals surface area contributed by atoms with Gasteiger partial charge in [-0.2, -0.15) is 0 Å². The van der Waals surface area contributed by atoms with E-state index in [0.29, 0.717) is 12.2 Å². The molecule has 90 valence electrons. The number of benzene rings is 1. The number of nitrogens with one attached hydrogen (secondary N) is 1. The van der Waals surface area contributed by atoms with Gasteiger partial charge in [-0.15, -0.1) is 0 Å². The second-order valence-corrected chi connectivity index (χ2v) is 3.95. The van der Waals surface area contributed by atoms with Crippen LogP contribution in [0.4, 0.5) is 0 Å². The second-order valence-electron chi connectivity index (χ2n) is 3.95. The molecule has 3 heteroatoms. The Bertz CT molecular complexity index is 438. The summed E-state index contributed by atoms with van der Waals surface area (Å²) in [5.41, 5.74) is 2.90. The van der Waals surface area contributed by atoms with Crippen molar-refractivity contribution in [3.8, 4) is 0 Å². The van der Waals surface area contributed by atoms with Crippen molar-refractivity contribution >= 4 is 11.5 Å². The summed E-state index contributed by atoms with van der Waals surface area (Å²) in [5.74, 6) is -0.234. The lowest BCUT2D eigenvalue weighted by atomic mass is 9.95. The highest BCUT2D eigenvalue weighted by Crippen LogP contribution is 2.23. The van der Waals surface area contributed by atoms with Crippen LogP contribution < -0.4 is 5.32 Å². The van der Waals surface area contributed by atoms with E-state index in [1.165, 1.54) is 5.57 Å². The Morgan fingerprint density at radius 3 is 2.94 bits per heavy atom. The van der Waals surface area contributed by atoms with Crippen LogP contribution >= 0.6 is 0 Å². The highest BCUT2D eigenvalue weighted by atomic mass is 16.5. The van der Waals surface area contributed by atoms with E-state index in [1.807, 2.05) is 31.2 Å². The lowest BCUT2D eigenvalue weighted by Gasteiger charge is -2.16. The Balaban J connectivity index is 2.33. The van der Waals surface area contributed by atoms with E-state index in [4.69, 9.17) is 4.74 Å². The van der Waals surface area contributed by atoms with Crippen LogP contribution in [-0.4, -0.2) is 25.7 Å². The number of carbonyl (C=O) groups is 1. The van der Waals surface area contributed by atoms with Crippen LogP contribution in [0, 0.1) is 0 Å². The zero-order valence-corrected chi connectivity index (χ0v) is 10.0. The molecule has 2 rings (SSSR count). The highest BCUT2D eigenvalue weighted by molar-refractivity contribution is 5.95. The predicted octanol–water partition coefficient (Wildman–Crippen LogP) is 2.24. The molecule has 1 heterocycles. The summed E-state index contributed by atoms with van der Waals surface area (Å²) >= 11 is 0. The molecule has 0 saturated carbocycles. The van der Waals surface area contributed by atoms with Gasteiger partial charge in [-0.1, -0.05) is 24.3 Å². The van der Waals surface area contributed by atoms with Gasteiger partial charge in [0.1, 0.15) is 0 Å². The third kappa shape index (κ3) is 2.74. The van der Waals surface area contributed by atoms with Crippen molar-refractivity contribution in [2.75, 3.05) is 19.7 Å². The molecule has 0 unspecified atom stereocenters. The fourth-order valence-electron chi connectivity index (χ4n) is 2.02. The average molecular weight is 231 g/mol. The summed E-state index contributed by atoms with van der Waals surface area (Å²) in [5, 5.41) is 3.27. The molecule has 0 spiro atoms. The van der Waals surface area contributed by atoms with Crippen molar-refractivity contribution in [2.24, 2.45) is 0 Å². The monoisotopic (exact) mass is 231 g/mol. The number of rotatable bonds is 3. The third-order valence-corrected chi connectivity index (χ3v) is 2.83. The molecular weight excluding hydrogens is 214 g/mol. The maximum Gasteiger partial charge on any atom is 0.338 e. The molecule has 3 nitrogen and oxygen atoms in total. The molecule has 1 N–H and O–H groups in total. The Labute approximate surface area is 101 Å². The minimum absolute atomic E-state index is 0.234. The Morgan fingerprint density at radius 2 is 2.24 bits per heavy atom. The van der Waals surface area contributed by atoms with Gasteiger partial charge >= 0.3 is 5.97 Å². The van der Waals surface area contributed by atoms with Gasteiger partial charge in [-0.25, -0.2) is 4.79 Å². The molecule has 0 amide bonds. The Kier molecular flexibility index (Phi) is 3.94. The molecule has 0 atom stereocenters. The van der Waals surface area contributed by atoms with Crippen LogP contribution in [0.5, 0.6) is 0 Å². The second kappa shape index (κ2) is 5.64. The summed E-state index contributed by atoms with van der Waals surface area (Å²) in [4.78, 5) is 11.8. The molecule has 0 fully saturated rings. The minimum atomic E-state index is -0.234. The van der Waals surface area contributed by atoms with Gasteiger partial charge in [0.2, 0.25) is 0 Å². The van der Waals surface area contributed by atoms with Crippen LogP contribution in [0.25, 0.3) is 5.57 Å².